The Morgan fingerprint density at radius 1 is 1.40 bits per heavy atom. The van der Waals surface area contributed by atoms with Gasteiger partial charge in [-0.05, 0) is 12.5 Å². The first-order chi connectivity index (χ1) is 4.33. The summed E-state index contributed by atoms with van der Waals surface area (Å²) in [7, 11) is 1.05. The van der Waals surface area contributed by atoms with Crippen molar-refractivity contribution in [3.05, 3.63) is 0 Å². The van der Waals surface area contributed by atoms with Gasteiger partial charge in [0.15, 0.2) is 0 Å². The van der Waals surface area contributed by atoms with Crippen LogP contribution in [0.15, 0.2) is 0 Å². The van der Waals surface area contributed by atoms with E-state index >= 15 is 0 Å². The van der Waals surface area contributed by atoms with Gasteiger partial charge in [0.05, 0.1) is 11.0 Å². The van der Waals surface area contributed by atoms with Crippen molar-refractivity contribution in [2.45, 2.75) is 20.8 Å². The molecule has 0 aliphatic heterocycles. The van der Waals surface area contributed by atoms with Crippen molar-refractivity contribution in [2.75, 3.05) is 19.8 Å². The largest absolute Gasteiger partial charge is 0.243 e. The Morgan fingerprint density at radius 3 is 1.90 bits per heavy atom. The topological polar surface area (TPSA) is 20.3 Å². The summed E-state index contributed by atoms with van der Waals surface area (Å²) in [4.78, 5) is 0. The van der Waals surface area contributed by atoms with E-state index in [9.17, 15) is 4.21 Å². The Labute approximate surface area is 66.2 Å². The summed E-state index contributed by atoms with van der Waals surface area (Å²) in [5, 5.41) is 0. The maximum Gasteiger partial charge on any atom is 0.0908 e. The summed E-state index contributed by atoms with van der Waals surface area (Å²) < 4.78 is 12.7. The first-order valence-corrected chi connectivity index (χ1v) is 4.89. The van der Waals surface area contributed by atoms with E-state index in [1.165, 1.54) is 0 Å². The van der Waals surface area contributed by atoms with Crippen molar-refractivity contribution in [2.24, 2.45) is 5.41 Å². The van der Waals surface area contributed by atoms with Gasteiger partial charge in [0.25, 0.3) is 0 Å². The molecule has 0 spiro atoms. The zero-order valence-corrected chi connectivity index (χ0v) is 8.29. The van der Waals surface area contributed by atoms with Crippen molar-refractivity contribution in [1.82, 2.24) is 4.31 Å². The molecule has 62 valence electrons. The molecule has 3 heteroatoms. The quantitative estimate of drug-likeness (QED) is 0.600. The molecular formula is C7H17NOS. The zero-order chi connectivity index (χ0) is 8.36. The van der Waals surface area contributed by atoms with E-state index in [-0.39, 0.29) is 5.41 Å². The summed E-state index contributed by atoms with van der Waals surface area (Å²) in [5.74, 6) is 0. The molecule has 0 heterocycles. The fourth-order valence-electron chi connectivity index (χ4n) is 0.759. The monoisotopic (exact) mass is 163 g/mol. The van der Waals surface area contributed by atoms with Gasteiger partial charge in [0.2, 0.25) is 0 Å². The molecule has 0 aliphatic rings. The van der Waals surface area contributed by atoms with Crippen molar-refractivity contribution in [3.8, 4) is 0 Å². The zero-order valence-electron chi connectivity index (χ0n) is 7.47. The number of hydrogen-bond donors (Lipinski definition) is 0. The van der Waals surface area contributed by atoms with Crippen LogP contribution >= 0.6 is 0 Å². The smallest absolute Gasteiger partial charge is 0.0908 e. The number of rotatable bonds is 2. The predicted octanol–water partition coefficient (Wildman–Crippen LogP) is 1.26. The van der Waals surface area contributed by atoms with Crippen molar-refractivity contribution >= 4 is 11.0 Å². The van der Waals surface area contributed by atoms with Crippen LogP contribution < -0.4 is 0 Å². The van der Waals surface area contributed by atoms with Gasteiger partial charge in [-0.2, -0.15) is 0 Å². The van der Waals surface area contributed by atoms with Crippen LogP contribution in [-0.2, 0) is 11.0 Å². The minimum Gasteiger partial charge on any atom is -0.243 e. The lowest BCUT2D eigenvalue weighted by Crippen LogP contribution is -2.30. The fraction of sp³-hybridized carbons (Fsp3) is 1.00. The third-order valence-corrected chi connectivity index (χ3v) is 2.14. The summed E-state index contributed by atoms with van der Waals surface area (Å²) in [5.41, 5.74) is 0.237. The predicted molar refractivity (Wildman–Crippen MR) is 46.2 cm³/mol. The summed E-state index contributed by atoms with van der Waals surface area (Å²) in [6.45, 7) is 7.28. The van der Waals surface area contributed by atoms with Gasteiger partial charge in [-0.15, -0.1) is 0 Å². The lowest BCUT2D eigenvalue weighted by molar-refractivity contribution is 0.321. The van der Waals surface area contributed by atoms with Crippen LogP contribution in [0.1, 0.15) is 20.8 Å². The van der Waals surface area contributed by atoms with Crippen LogP contribution in [0.3, 0.4) is 0 Å². The van der Waals surface area contributed by atoms with Gasteiger partial charge in [0.1, 0.15) is 0 Å². The van der Waals surface area contributed by atoms with Gasteiger partial charge >= 0.3 is 0 Å². The normalized spacial score (nSPS) is 15.8. The van der Waals surface area contributed by atoms with Crippen LogP contribution in [-0.4, -0.2) is 28.4 Å². The van der Waals surface area contributed by atoms with Gasteiger partial charge in [0, 0.05) is 12.8 Å². The van der Waals surface area contributed by atoms with Crippen molar-refractivity contribution < 1.29 is 4.21 Å². The summed E-state index contributed by atoms with van der Waals surface area (Å²) >= 11 is 0. The van der Waals surface area contributed by atoms with E-state index in [0.717, 1.165) is 6.54 Å². The Bertz CT molecular complexity index is 128. The van der Waals surface area contributed by atoms with Crippen LogP contribution in [0, 0.1) is 5.41 Å². The molecule has 0 amide bonds. The molecule has 0 aromatic carbocycles. The molecular weight excluding hydrogens is 146 g/mol. The molecule has 0 fully saturated rings. The Hall–Kier alpha value is 0.110. The second kappa shape index (κ2) is 3.49. The molecule has 0 radical (unpaired) electrons. The maximum absolute atomic E-state index is 10.9. The van der Waals surface area contributed by atoms with Crippen LogP contribution in [0.25, 0.3) is 0 Å². The molecule has 0 aromatic heterocycles. The second-order valence-electron chi connectivity index (χ2n) is 3.77. The molecule has 0 rings (SSSR count). The van der Waals surface area contributed by atoms with Crippen LogP contribution in [0.4, 0.5) is 0 Å². The summed E-state index contributed by atoms with van der Waals surface area (Å²) in [6, 6.07) is 0. The molecule has 2 nitrogen and oxygen atoms in total. The molecule has 1 atom stereocenters. The highest BCUT2D eigenvalue weighted by Crippen LogP contribution is 2.14. The van der Waals surface area contributed by atoms with E-state index in [4.69, 9.17) is 0 Å². The molecule has 0 bridgehead atoms. The molecule has 10 heavy (non-hydrogen) atoms. The first kappa shape index (κ1) is 10.1. The fourth-order valence-corrected chi connectivity index (χ4v) is 1.33. The SMILES string of the molecule is CN(CC(C)(C)C)S(C)=O. The maximum atomic E-state index is 10.9. The van der Waals surface area contributed by atoms with Gasteiger partial charge in [-0.3, -0.25) is 0 Å². The third-order valence-electron chi connectivity index (χ3n) is 1.14. The average molecular weight is 163 g/mol. The minimum atomic E-state index is -0.823. The molecule has 0 saturated heterocycles. The Kier molecular flexibility index (Phi) is 3.52. The van der Waals surface area contributed by atoms with E-state index in [1.54, 1.807) is 6.26 Å². The standard InChI is InChI=1S/C7H17NOS/c1-7(2,3)6-8(4)10(5)9/h6H2,1-5H3. The molecule has 0 aromatic rings. The molecule has 0 aliphatic carbocycles. The van der Waals surface area contributed by atoms with Crippen LogP contribution in [0.2, 0.25) is 0 Å². The van der Waals surface area contributed by atoms with Gasteiger partial charge < -0.3 is 0 Å². The Balaban J connectivity index is 3.80. The molecule has 0 N–H and O–H groups in total. The van der Waals surface area contributed by atoms with Crippen LogP contribution in [0.5, 0.6) is 0 Å². The lowest BCUT2D eigenvalue weighted by Gasteiger charge is -2.23. The molecule has 0 saturated carbocycles. The van der Waals surface area contributed by atoms with Crippen molar-refractivity contribution in [3.63, 3.8) is 0 Å². The van der Waals surface area contributed by atoms with E-state index in [1.807, 2.05) is 11.4 Å². The highest BCUT2D eigenvalue weighted by molar-refractivity contribution is 7.81. The van der Waals surface area contributed by atoms with Gasteiger partial charge in [-0.1, -0.05) is 20.8 Å². The highest BCUT2D eigenvalue weighted by Gasteiger charge is 2.14. The molecule has 1 unspecified atom stereocenters. The van der Waals surface area contributed by atoms with Crippen molar-refractivity contribution in [1.29, 1.82) is 0 Å². The number of hydrogen-bond acceptors (Lipinski definition) is 1. The highest BCUT2D eigenvalue weighted by atomic mass is 32.2. The Morgan fingerprint density at radius 2 is 1.80 bits per heavy atom. The minimum absolute atomic E-state index is 0.237. The first-order valence-electron chi connectivity index (χ1n) is 3.37. The number of nitrogens with zero attached hydrogens (tertiary/aromatic N) is 1. The summed E-state index contributed by atoms with van der Waals surface area (Å²) in [6.07, 6.45) is 1.70. The van der Waals surface area contributed by atoms with E-state index in [0.29, 0.717) is 0 Å². The van der Waals surface area contributed by atoms with E-state index < -0.39 is 11.0 Å². The average Bonchev–Trinajstić information content (AvgIpc) is 1.60. The van der Waals surface area contributed by atoms with Gasteiger partial charge in [-0.25, -0.2) is 8.51 Å². The van der Waals surface area contributed by atoms with E-state index in [2.05, 4.69) is 20.8 Å². The third kappa shape index (κ3) is 4.94. The second-order valence-corrected chi connectivity index (χ2v) is 5.24. The lowest BCUT2D eigenvalue weighted by atomic mass is 9.97.